The molecule has 3 rings (SSSR count). The molecule has 1 unspecified atom stereocenters. The highest BCUT2D eigenvalue weighted by atomic mass is 19.1. The third-order valence-corrected chi connectivity index (χ3v) is 5.39. The maximum atomic E-state index is 13.3. The van der Waals surface area contributed by atoms with Crippen LogP contribution in [0.5, 0.6) is 0 Å². The zero-order valence-corrected chi connectivity index (χ0v) is 17.9. The molecule has 0 amide bonds. The van der Waals surface area contributed by atoms with Crippen LogP contribution >= 0.6 is 0 Å². The number of hydrogen-bond donors (Lipinski definition) is 0. The second-order valence-electron chi connectivity index (χ2n) is 7.60. The lowest BCUT2D eigenvalue weighted by molar-refractivity contribution is -0.150. The summed E-state index contributed by atoms with van der Waals surface area (Å²) in [5, 5.41) is 0. The minimum Gasteiger partial charge on any atom is -0.466 e. The molecule has 2 aromatic rings. The fraction of sp³-hybridized carbons (Fsp3) is 0.400. The van der Waals surface area contributed by atoms with Gasteiger partial charge in [-0.3, -0.25) is 4.79 Å². The van der Waals surface area contributed by atoms with Crippen LogP contribution in [0, 0.1) is 17.6 Å². The number of likely N-dealkylation sites (tertiary alicyclic amines) is 1. The number of benzene rings is 2. The van der Waals surface area contributed by atoms with E-state index in [0.717, 1.165) is 42.6 Å². The maximum absolute atomic E-state index is 13.3. The summed E-state index contributed by atoms with van der Waals surface area (Å²) in [6.45, 7) is 5.54. The van der Waals surface area contributed by atoms with E-state index in [4.69, 9.17) is 9.47 Å². The summed E-state index contributed by atoms with van der Waals surface area (Å²) in [5.74, 6) is -0.779. The molecule has 1 aliphatic heterocycles. The molecule has 1 saturated heterocycles. The van der Waals surface area contributed by atoms with Gasteiger partial charge in [0.15, 0.2) is 0 Å². The number of carbonyl (C=O) groups excluding carboxylic acids is 1. The molecule has 0 aliphatic carbocycles. The first-order valence-corrected chi connectivity index (χ1v) is 10.8. The number of carbonyl (C=O) groups is 1. The van der Waals surface area contributed by atoms with Crippen molar-refractivity contribution in [2.45, 2.75) is 19.8 Å². The van der Waals surface area contributed by atoms with E-state index in [1.807, 2.05) is 13.0 Å². The highest BCUT2D eigenvalue weighted by molar-refractivity contribution is 5.79. The molecule has 0 spiro atoms. The topological polar surface area (TPSA) is 38.8 Å². The number of rotatable bonds is 9. The zero-order chi connectivity index (χ0) is 22.1. The molecule has 31 heavy (non-hydrogen) atoms. The van der Waals surface area contributed by atoms with Gasteiger partial charge in [0, 0.05) is 13.1 Å². The van der Waals surface area contributed by atoms with Crippen LogP contribution in [0.2, 0.25) is 0 Å². The second kappa shape index (κ2) is 11.7. The summed E-state index contributed by atoms with van der Waals surface area (Å²) in [6, 6.07) is 12.4. The van der Waals surface area contributed by atoms with E-state index in [1.54, 1.807) is 24.3 Å². The molecular formula is C25H29F2NO3. The average Bonchev–Trinajstić information content (AvgIpc) is 2.78. The van der Waals surface area contributed by atoms with Gasteiger partial charge < -0.3 is 14.4 Å². The Labute approximate surface area is 182 Å². The smallest absolute Gasteiger partial charge is 0.310 e. The Hall–Kier alpha value is -2.57. The molecule has 0 saturated carbocycles. The standard InChI is InChI=1S/C25H29F2NO3/c1-2-31-25(29)21-4-3-14-28(18-21)15-17-30-16-13-24(19-5-9-22(26)10-6-19)20-7-11-23(27)12-8-20/h5-13,21H,2-4,14-18H2,1H3. The Bertz CT molecular complexity index is 818. The Kier molecular flexibility index (Phi) is 8.74. The van der Waals surface area contributed by atoms with Crippen LogP contribution in [0.4, 0.5) is 8.78 Å². The monoisotopic (exact) mass is 429 g/mol. The molecule has 2 aromatic carbocycles. The first kappa shape index (κ1) is 23.1. The number of esters is 1. The number of nitrogens with zero attached hydrogens (tertiary/aromatic N) is 1. The maximum Gasteiger partial charge on any atom is 0.310 e. The van der Waals surface area contributed by atoms with E-state index >= 15 is 0 Å². The van der Waals surface area contributed by atoms with Gasteiger partial charge in [-0.05, 0) is 67.3 Å². The van der Waals surface area contributed by atoms with Gasteiger partial charge in [0.05, 0.1) is 25.7 Å². The van der Waals surface area contributed by atoms with Crippen molar-refractivity contribution in [2.75, 3.05) is 39.5 Å². The number of ether oxygens (including phenoxy) is 2. The van der Waals surface area contributed by atoms with Gasteiger partial charge in [0.1, 0.15) is 11.6 Å². The normalized spacial score (nSPS) is 16.7. The summed E-state index contributed by atoms with van der Waals surface area (Å²) in [6.07, 6.45) is 3.78. The molecular weight excluding hydrogens is 400 g/mol. The van der Waals surface area contributed by atoms with Crippen LogP contribution in [0.1, 0.15) is 30.9 Å². The Balaban J connectivity index is 1.55. The summed E-state index contributed by atoms with van der Waals surface area (Å²) in [7, 11) is 0. The van der Waals surface area contributed by atoms with Crippen LogP contribution in [0.3, 0.4) is 0 Å². The predicted molar refractivity (Wildman–Crippen MR) is 116 cm³/mol. The first-order valence-electron chi connectivity index (χ1n) is 10.8. The third kappa shape index (κ3) is 6.97. The van der Waals surface area contributed by atoms with Crippen LogP contribution < -0.4 is 0 Å². The molecule has 0 aromatic heterocycles. The van der Waals surface area contributed by atoms with Gasteiger partial charge in [-0.2, -0.15) is 0 Å². The average molecular weight is 430 g/mol. The van der Waals surface area contributed by atoms with Gasteiger partial charge >= 0.3 is 5.97 Å². The molecule has 6 heteroatoms. The van der Waals surface area contributed by atoms with E-state index < -0.39 is 0 Å². The predicted octanol–water partition coefficient (Wildman–Crippen LogP) is 4.69. The fourth-order valence-electron chi connectivity index (χ4n) is 3.79. The largest absolute Gasteiger partial charge is 0.466 e. The molecule has 1 fully saturated rings. The summed E-state index contributed by atoms with van der Waals surface area (Å²) in [4.78, 5) is 14.2. The summed E-state index contributed by atoms with van der Waals surface area (Å²) < 4.78 is 37.6. The molecule has 0 radical (unpaired) electrons. The van der Waals surface area contributed by atoms with E-state index in [1.165, 1.54) is 24.3 Å². The van der Waals surface area contributed by atoms with Crippen LogP contribution in [0.25, 0.3) is 5.57 Å². The molecule has 166 valence electrons. The van der Waals surface area contributed by atoms with Crippen molar-refractivity contribution < 1.29 is 23.0 Å². The van der Waals surface area contributed by atoms with Gasteiger partial charge in [0.2, 0.25) is 0 Å². The van der Waals surface area contributed by atoms with Gasteiger partial charge in [-0.15, -0.1) is 0 Å². The fourth-order valence-corrected chi connectivity index (χ4v) is 3.79. The van der Waals surface area contributed by atoms with E-state index in [-0.39, 0.29) is 23.5 Å². The van der Waals surface area contributed by atoms with E-state index in [2.05, 4.69) is 4.90 Å². The van der Waals surface area contributed by atoms with Gasteiger partial charge in [-0.1, -0.05) is 30.3 Å². The van der Waals surface area contributed by atoms with Crippen LogP contribution in [0.15, 0.2) is 54.6 Å². The van der Waals surface area contributed by atoms with Crippen molar-refractivity contribution in [2.24, 2.45) is 5.92 Å². The molecule has 0 N–H and O–H groups in total. The van der Waals surface area contributed by atoms with Gasteiger partial charge in [0.25, 0.3) is 0 Å². The first-order chi connectivity index (χ1) is 15.1. The lowest BCUT2D eigenvalue weighted by atomic mass is 9.97. The van der Waals surface area contributed by atoms with Crippen molar-refractivity contribution in [1.29, 1.82) is 0 Å². The number of piperidine rings is 1. The molecule has 4 nitrogen and oxygen atoms in total. The molecule has 0 bridgehead atoms. The molecule has 1 heterocycles. The lowest BCUT2D eigenvalue weighted by Crippen LogP contribution is -2.40. The minimum absolute atomic E-state index is 0.0582. The third-order valence-electron chi connectivity index (χ3n) is 5.39. The highest BCUT2D eigenvalue weighted by Gasteiger charge is 2.26. The van der Waals surface area contributed by atoms with Crippen LogP contribution in [-0.4, -0.2) is 50.3 Å². The SMILES string of the molecule is CCOC(=O)C1CCCN(CCOCC=C(c2ccc(F)cc2)c2ccc(F)cc2)C1. The van der Waals surface area contributed by atoms with Crippen molar-refractivity contribution in [3.63, 3.8) is 0 Å². The van der Waals surface area contributed by atoms with Crippen molar-refractivity contribution in [1.82, 2.24) is 4.90 Å². The van der Waals surface area contributed by atoms with E-state index in [0.29, 0.717) is 26.4 Å². The summed E-state index contributed by atoms with van der Waals surface area (Å²) >= 11 is 0. The minimum atomic E-state index is -0.305. The second-order valence-corrected chi connectivity index (χ2v) is 7.60. The zero-order valence-electron chi connectivity index (χ0n) is 17.9. The summed E-state index contributed by atoms with van der Waals surface area (Å²) in [5.41, 5.74) is 2.54. The van der Waals surface area contributed by atoms with Crippen molar-refractivity contribution in [3.05, 3.63) is 77.4 Å². The van der Waals surface area contributed by atoms with Crippen molar-refractivity contribution in [3.8, 4) is 0 Å². The molecule has 1 aliphatic rings. The van der Waals surface area contributed by atoms with Crippen LogP contribution in [-0.2, 0) is 14.3 Å². The van der Waals surface area contributed by atoms with E-state index in [9.17, 15) is 13.6 Å². The van der Waals surface area contributed by atoms with Gasteiger partial charge in [-0.25, -0.2) is 8.78 Å². The lowest BCUT2D eigenvalue weighted by Gasteiger charge is -2.31. The Morgan fingerprint density at radius 1 is 1.06 bits per heavy atom. The Morgan fingerprint density at radius 2 is 1.68 bits per heavy atom. The van der Waals surface area contributed by atoms with Crippen molar-refractivity contribution >= 4 is 11.5 Å². The highest BCUT2D eigenvalue weighted by Crippen LogP contribution is 2.24. The quantitative estimate of drug-likeness (QED) is 0.428. The number of halogens is 2. The molecule has 1 atom stereocenters. The Morgan fingerprint density at radius 3 is 2.26 bits per heavy atom. The number of hydrogen-bond acceptors (Lipinski definition) is 4.